The number of aryl methyl sites for hydroxylation is 1. The molecule has 0 spiro atoms. The van der Waals surface area contributed by atoms with E-state index in [2.05, 4.69) is 15.4 Å². The van der Waals surface area contributed by atoms with Gasteiger partial charge in [0.1, 0.15) is 0 Å². The van der Waals surface area contributed by atoms with Crippen LogP contribution >= 0.6 is 0 Å². The topological polar surface area (TPSA) is 102 Å². The predicted octanol–water partition coefficient (Wildman–Crippen LogP) is 1.52. The minimum Gasteiger partial charge on any atom is -0.354 e. The molecule has 0 radical (unpaired) electrons. The van der Waals surface area contributed by atoms with E-state index < -0.39 is 5.92 Å². The molecule has 1 saturated heterocycles. The number of aromatic nitrogens is 4. The van der Waals surface area contributed by atoms with Crippen LogP contribution in [0.25, 0.3) is 16.6 Å². The third-order valence-corrected chi connectivity index (χ3v) is 6.05. The van der Waals surface area contributed by atoms with Gasteiger partial charge in [-0.25, -0.2) is 13.9 Å². The van der Waals surface area contributed by atoms with Gasteiger partial charge in [0.25, 0.3) is 0 Å². The first-order valence-corrected chi connectivity index (χ1v) is 10.9. The Balaban J connectivity index is 1.24. The molecular weight excluding hydrogens is 420 g/mol. The van der Waals surface area contributed by atoms with Gasteiger partial charge in [0.05, 0.1) is 18.0 Å². The highest BCUT2D eigenvalue weighted by Gasteiger charge is 2.34. The number of carbonyl (C=O) groups excluding carboxylic acids is 2. The standard InChI is InChI=1S/C24H24N6O3/c1-16-11-18-6-2-3-7-20(18)30-22(16)27-29(24(30)33)10-9-26-23(32)19-12-21(31)28(15-19)14-17-5-4-8-25-13-17/h2-8,11,13,19H,9-10,12,14-15H2,1H3,(H,26,32)/t19-/m0/s1. The van der Waals surface area contributed by atoms with Gasteiger partial charge in [0.2, 0.25) is 11.8 Å². The number of carbonyl (C=O) groups is 2. The summed E-state index contributed by atoms with van der Waals surface area (Å²) in [7, 11) is 0. The molecule has 1 aliphatic rings. The lowest BCUT2D eigenvalue weighted by Gasteiger charge is -2.16. The molecule has 2 amide bonds. The minimum absolute atomic E-state index is 0.0436. The molecule has 0 saturated carbocycles. The highest BCUT2D eigenvalue weighted by Crippen LogP contribution is 2.20. The van der Waals surface area contributed by atoms with Crippen LogP contribution in [-0.2, 0) is 22.7 Å². The van der Waals surface area contributed by atoms with Crippen molar-refractivity contribution in [2.45, 2.75) is 26.4 Å². The predicted molar refractivity (Wildman–Crippen MR) is 122 cm³/mol. The van der Waals surface area contributed by atoms with Crippen LogP contribution in [-0.4, -0.2) is 49.0 Å². The molecule has 4 heterocycles. The van der Waals surface area contributed by atoms with Crippen LogP contribution < -0.4 is 11.0 Å². The average Bonchev–Trinajstić information content (AvgIpc) is 3.35. The van der Waals surface area contributed by atoms with Gasteiger partial charge in [-0.2, -0.15) is 0 Å². The second kappa shape index (κ2) is 8.50. The second-order valence-electron chi connectivity index (χ2n) is 8.38. The van der Waals surface area contributed by atoms with Gasteiger partial charge in [0, 0.05) is 38.4 Å². The fraction of sp³-hybridized carbons (Fsp3) is 0.292. The lowest BCUT2D eigenvalue weighted by Crippen LogP contribution is -2.36. The lowest BCUT2D eigenvalue weighted by atomic mass is 10.1. The van der Waals surface area contributed by atoms with Crippen molar-refractivity contribution in [3.8, 4) is 0 Å². The molecule has 1 aliphatic heterocycles. The molecule has 0 unspecified atom stereocenters. The summed E-state index contributed by atoms with van der Waals surface area (Å²) in [6.45, 7) is 3.25. The Morgan fingerprint density at radius 3 is 2.85 bits per heavy atom. The van der Waals surface area contributed by atoms with Crippen LogP contribution in [0.3, 0.4) is 0 Å². The van der Waals surface area contributed by atoms with E-state index in [-0.39, 0.29) is 37.0 Å². The maximum Gasteiger partial charge on any atom is 0.350 e. The van der Waals surface area contributed by atoms with Gasteiger partial charge < -0.3 is 10.2 Å². The molecule has 5 rings (SSSR count). The van der Waals surface area contributed by atoms with Gasteiger partial charge in [-0.05, 0) is 41.6 Å². The van der Waals surface area contributed by atoms with Crippen LogP contribution in [0.2, 0.25) is 0 Å². The highest BCUT2D eigenvalue weighted by atomic mass is 16.2. The molecule has 9 heteroatoms. The molecule has 0 bridgehead atoms. The summed E-state index contributed by atoms with van der Waals surface area (Å²) in [5.74, 6) is -0.633. The van der Waals surface area contributed by atoms with Crippen LogP contribution in [0.1, 0.15) is 17.5 Å². The third kappa shape index (κ3) is 3.97. The fourth-order valence-electron chi connectivity index (χ4n) is 4.38. The average molecular weight is 444 g/mol. The van der Waals surface area contributed by atoms with Gasteiger partial charge in [-0.1, -0.05) is 24.3 Å². The van der Waals surface area contributed by atoms with E-state index >= 15 is 0 Å². The Labute approximate surface area is 189 Å². The molecule has 1 aromatic carbocycles. The number of nitrogens with zero attached hydrogens (tertiary/aromatic N) is 5. The summed E-state index contributed by atoms with van der Waals surface area (Å²) < 4.78 is 2.99. The Kier molecular flexibility index (Phi) is 5.37. The Morgan fingerprint density at radius 2 is 2.03 bits per heavy atom. The van der Waals surface area contributed by atoms with Crippen LogP contribution in [0.4, 0.5) is 0 Å². The molecule has 0 aliphatic carbocycles. The van der Waals surface area contributed by atoms with Crippen molar-refractivity contribution in [3.05, 3.63) is 76.5 Å². The van der Waals surface area contributed by atoms with Gasteiger partial charge in [0.15, 0.2) is 5.65 Å². The summed E-state index contributed by atoms with van der Waals surface area (Å²) >= 11 is 0. The van der Waals surface area contributed by atoms with E-state index in [1.165, 1.54) is 4.68 Å². The maximum absolute atomic E-state index is 13.0. The zero-order valence-electron chi connectivity index (χ0n) is 18.3. The molecule has 1 N–H and O–H groups in total. The molecule has 1 atom stereocenters. The molecule has 3 aromatic heterocycles. The van der Waals surface area contributed by atoms with Crippen LogP contribution in [0.15, 0.2) is 59.7 Å². The first kappa shape index (κ1) is 20.9. The van der Waals surface area contributed by atoms with Crippen molar-refractivity contribution < 1.29 is 9.59 Å². The van der Waals surface area contributed by atoms with E-state index in [1.54, 1.807) is 21.7 Å². The monoisotopic (exact) mass is 444 g/mol. The summed E-state index contributed by atoms with van der Waals surface area (Å²) in [6, 6.07) is 13.4. The number of hydrogen-bond acceptors (Lipinski definition) is 5. The van der Waals surface area contributed by atoms with E-state index in [0.717, 1.165) is 22.0 Å². The first-order valence-electron chi connectivity index (χ1n) is 10.9. The number of pyridine rings is 2. The van der Waals surface area contributed by atoms with Gasteiger partial charge in [-0.15, -0.1) is 5.10 Å². The summed E-state index contributed by atoms with van der Waals surface area (Å²) in [4.78, 5) is 43.7. The highest BCUT2D eigenvalue weighted by molar-refractivity contribution is 5.89. The summed E-state index contributed by atoms with van der Waals surface area (Å²) in [6.07, 6.45) is 3.59. The summed E-state index contributed by atoms with van der Waals surface area (Å²) in [5.41, 5.74) is 3.01. The lowest BCUT2D eigenvalue weighted by molar-refractivity contribution is -0.129. The van der Waals surface area contributed by atoms with Crippen LogP contribution in [0.5, 0.6) is 0 Å². The molecule has 168 valence electrons. The van der Waals surface area contributed by atoms with Crippen LogP contribution in [0, 0.1) is 12.8 Å². The van der Waals surface area contributed by atoms with E-state index in [4.69, 9.17) is 0 Å². The number of benzene rings is 1. The number of para-hydroxylation sites is 1. The number of fused-ring (bicyclic) bond motifs is 3. The fourth-order valence-corrected chi connectivity index (χ4v) is 4.38. The van der Waals surface area contributed by atoms with Crippen molar-refractivity contribution in [2.24, 2.45) is 5.92 Å². The number of nitrogens with one attached hydrogen (secondary N) is 1. The van der Waals surface area contributed by atoms with Crippen molar-refractivity contribution >= 4 is 28.4 Å². The normalized spacial score (nSPS) is 16.1. The third-order valence-electron chi connectivity index (χ3n) is 6.05. The molecule has 1 fully saturated rings. The maximum atomic E-state index is 13.0. The van der Waals surface area contributed by atoms with Crippen molar-refractivity contribution in [1.29, 1.82) is 0 Å². The number of hydrogen-bond donors (Lipinski definition) is 1. The zero-order chi connectivity index (χ0) is 22.9. The van der Waals surface area contributed by atoms with E-state index in [0.29, 0.717) is 18.7 Å². The Hall–Kier alpha value is -4.01. The largest absolute Gasteiger partial charge is 0.354 e. The zero-order valence-corrected chi connectivity index (χ0v) is 18.3. The van der Waals surface area contributed by atoms with Crippen molar-refractivity contribution in [2.75, 3.05) is 13.1 Å². The first-order chi connectivity index (χ1) is 16.0. The molecule has 33 heavy (non-hydrogen) atoms. The number of amides is 2. The minimum atomic E-state index is -0.404. The number of likely N-dealkylation sites (tertiary alicyclic amines) is 1. The van der Waals surface area contributed by atoms with E-state index in [9.17, 15) is 14.4 Å². The van der Waals surface area contributed by atoms with E-state index in [1.807, 2.05) is 49.4 Å². The quantitative estimate of drug-likeness (QED) is 0.486. The number of rotatable bonds is 6. The van der Waals surface area contributed by atoms with Crippen molar-refractivity contribution in [1.82, 2.24) is 29.4 Å². The van der Waals surface area contributed by atoms with Gasteiger partial charge in [-0.3, -0.25) is 14.6 Å². The smallest absolute Gasteiger partial charge is 0.350 e. The molecule has 4 aromatic rings. The molecular formula is C24H24N6O3. The van der Waals surface area contributed by atoms with Crippen molar-refractivity contribution in [3.63, 3.8) is 0 Å². The van der Waals surface area contributed by atoms with Gasteiger partial charge >= 0.3 is 5.69 Å². The second-order valence-corrected chi connectivity index (χ2v) is 8.38. The Morgan fingerprint density at radius 1 is 1.18 bits per heavy atom. The Bertz CT molecular complexity index is 1410. The summed E-state index contributed by atoms with van der Waals surface area (Å²) in [5, 5.41) is 8.31. The molecule has 9 nitrogen and oxygen atoms in total. The SMILES string of the molecule is Cc1cc2ccccc2n2c(=O)n(CCNC(=O)[C@H]3CC(=O)N(Cc4cccnc4)C3)nc12.